The molecule has 0 radical (unpaired) electrons. The summed E-state index contributed by atoms with van der Waals surface area (Å²) >= 11 is 7.72. The van der Waals surface area contributed by atoms with Gasteiger partial charge in [0.2, 0.25) is 0 Å². The molecule has 0 aliphatic carbocycles. The van der Waals surface area contributed by atoms with Crippen molar-refractivity contribution >= 4 is 45.3 Å². The Kier molecular flexibility index (Phi) is 4.37. The van der Waals surface area contributed by atoms with Crippen LogP contribution >= 0.6 is 22.9 Å². The Hall–Kier alpha value is -2.84. The molecule has 0 amide bonds. The fraction of sp³-hybridized carbons (Fsp3) is 0.167. The van der Waals surface area contributed by atoms with Gasteiger partial charge in [0.25, 0.3) is 5.56 Å². The van der Waals surface area contributed by atoms with Gasteiger partial charge in [-0.05, 0) is 25.1 Å². The minimum atomic E-state index is -0.192. The number of para-hydroxylation sites is 1. The molecule has 0 fully saturated rings. The summed E-state index contributed by atoms with van der Waals surface area (Å²) in [6, 6.07) is 7.36. The fourth-order valence-electron chi connectivity index (χ4n) is 2.94. The van der Waals surface area contributed by atoms with E-state index < -0.39 is 0 Å². The van der Waals surface area contributed by atoms with E-state index in [4.69, 9.17) is 16.3 Å². The maximum Gasteiger partial charge on any atom is 0.277 e. The lowest BCUT2D eigenvalue weighted by molar-refractivity contribution is 0.418. The van der Waals surface area contributed by atoms with Crippen LogP contribution in [-0.4, -0.2) is 26.9 Å². The van der Waals surface area contributed by atoms with E-state index in [2.05, 4.69) is 20.4 Å². The summed E-state index contributed by atoms with van der Waals surface area (Å²) in [5.74, 6) is 0.639. The highest BCUT2D eigenvalue weighted by Gasteiger charge is 2.17. The van der Waals surface area contributed by atoms with Gasteiger partial charge in [0.1, 0.15) is 15.5 Å². The highest BCUT2D eigenvalue weighted by atomic mass is 35.5. The summed E-state index contributed by atoms with van der Waals surface area (Å²) < 4.78 is 7.02. The summed E-state index contributed by atoms with van der Waals surface area (Å²) in [4.78, 5) is 22.2. The second-order valence-electron chi connectivity index (χ2n) is 5.98. The topological polar surface area (TPSA) is 84.8 Å². The van der Waals surface area contributed by atoms with Gasteiger partial charge in [-0.1, -0.05) is 17.7 Å². The fourth-order valence-corrected chi connectivity index (χ4v) is 3.92. The van der Waals surface area contributed by atoms with Gasteiger partial charge in [0, 0.05) is 18.1 Å². The Bertz CT molecular complexity index is 1210. The molecule has 0 unspecified atom stereocenters. The molecule has 4 aromatic rings. The van der Waals surface area contributed by atoms with E-state index in [0.29, 0.717) is 28.2 Å². The molecule has 3 aromatic heterocycles. The Morgan fingerprint density at radius 2 is 2.15 bits per heavy atom. The molecule has 0 saturated carbocycles. The molecule has 0 atom stereocenters. The van der Waals surface area contributed by atoms with E-state index in [9.17, 15) is 4.79 Å². The molecule has 4 rings (SSSR count). The van der Waals surface area contributed by atoms with Crippen molar-refractivity contribution in [2.75, 3.05) is 12.4 Å². The molecule has 138 valence electrons. The second-order valence-corrected chi connectivity index (χ2v) is 7.60. The zero-order chi connectivity index (χ0) is 19.1. The van der Waals surface area contributed by atoms with Crippen LogP contribution < -0.4 is 15.6 Å². The maximum atomic E-state index is 12.5. The number of thiazole rings is 1. The summed E-state index contributed by atoms with van der Waals surface area (Å²) in [6.45, 7) is 2.01. The van der Waals surface area contributed by atoms with Gasteiger partial charge in [-0.25, -0.2) is 9.97 Å². The lowest BCUT2D eigenvalue weighted by Gasteiger charge is -2.14. The van der Waals surface area contributed by atoms with E-state index in [1.165, 1.54) is 4.68 Å². The Morgan fingerprint density at radius 3 is 2.85 bits per heavy atom. The first-order valence-corrected chi connectivity index (χ1v) is 9.29. The van der Waals surface area contributed by atoms with E-state index in [1.54, 1.807) is 31.6 Å². The van der Waals surface area contributed by atoms with Gasteiger partial charge in [-0.2, -0.15) is 0 Å². The van der Waals surface area contributed by atoms with Crippen molar-refractivity contribution in [2.45, 2.75) is 6.92 Å². The molecule has 27 heavy (non-hydrogen) atoms. The zero-order valence-electron chi connectivity index (χ0n) is 14.8. The highest BCUT2D eigenvalue weighted by molar-refractivity contribution is 7.15. The number of benzene rings is 1. The summed E-state index contributed by atoms with van der Waals surface area (Å²) in [5.41, 5.74) is 2.36. The van der Waals surface area contributed by atoms with Gasteiger partial charge < -0.3 is 10.1 Å². The van der Waals surface area contributed by atoms with Crippen molar-refractivity contribution in [2.24, 2.45) is 7.05 Å². The number of halogens is 1. The van der Waals surface area contributed by atoms with Crippen molar-refractivity contribution in [3.05, 3.63) is 50.8 Å². The van der Waals surface area contributed by atoms with E-state index in [-0.39, 0.29) is 10.7 Å². The zero-order valence-corrected chi connectivity index (χ0v) is 16.4. The largest absolute Gasteiger partial charge is 0.494 e. The first kappa shape index (κ1) is 17.6. The number of rotatable bonds is 4. The van der Waals surface area contributed by atoms with Crippen molar-refractivity contribution in [1.82, 2.24) is 19.7 Å². The van der Waals surface area contributed by atoms with Crippen molar-refractivity contribution in [3.8, 4) is 16.3 Å². The highest BCUT2D eigenvalue weighted by Crippen LogP contribution is 2.40. The number of methoxy groups -OCH3 is 1. The second kappa shape index (κ2) is 6.71. The molecule has 2 N–H and O–H groups in total. The lowest BCUT2D eigenvalue weighted by atomic mass is 10.1. The van der Waals surface area contributed by atoms with Crippen LogP contribution in [0.1, 0.15) is 4.88 Å². The average Bonchev–Trinajstić information content (AvgIpc) is 3.18. The number of pyridine rings is 1. The normalized spacial score (nSPS) is 11.1. The van der Waals surface area contributed by atoms with Crippen LogP contribution in [0.2, 0.25) is 5.15 Å². The Balaban J connectivity index is 1.87. The number of fused-ring (bicyclic) bond motifs is 1. The van der Waals surface area contributed by atoms with Crippen LogP contribution in [0.4, 0.5) is 11.4 Å². The summed E-state index contributed by atoms with van der Waals surface area (Å²) in [7, 11) is 3.24. The summed E-state index contributed by atoms with van der Waals surface area (Å²) in [6.07, 6.45) is 1.83. The van der Waals surface area contributed by atoms with E-state index in [1.807, 2.05) is 31.3 Å². The minimum absolute atomic E-state index is 0.192. The quantitative estimate of drug-likeness (QED) is 0.503. The molecule has 0 saturated heterocycles. The molecule has 7 nitrogen and oxygen atoms in total. The molecule has 9 heteroatoms. The van der Waals surface area contributed by atoms with Crippen molar-refractivity contribution in [3.63, 3.8) is 0 Å². The predicted molar refractivity (Wildman–Crippen MR) is 108 cm³/mol. The number of aromatic amines is 1. The van der Waals surface area contributed by atoms with E-state index >= 15 is 0 Å². The van der Waals surface area contributed by atoms with Crippen LogP contribution in [-0.2, 0) is 7.05 Å². The smallest absolute Gasteiger partial charge is 0.277 e. The number of aromatic nitrogens is 4. The molecule has 1 aromatic carbocycles. The van der Waals surface area contributed by atoms with Crippen molar-refractivity contribution in [1.29, 1.82) is 0 Å². The molecule has 0 spiro atoms. The van der Waals surface area contributed by atoms with Crippen LogP contribution in [0.15, 0.2) is 35.3 Å². The minimum Gasteiger partial charge on any atom is -0.494 e. The van der Waals surface area contributed by atoms with Crippen LogP contribution in [0.25, 0.3) is 21.6 Å². The number of nitrogens with zero attached hydrogens (tertiary/aromatic N) is 3. The monoisotopic (exact) mass is 401 g/mol. The molecule has 0 aliphatic rings. The first-order valence-electron chi connectivity index (χ1n) is 8.10. The number of aryl methyl sites for hydroxylation is 2. The number of ether oxygens (including phenoxy) is 1. The predicted octanol–water partition coefficient (Wildman–Crippen LogP) is 4.10. The third-order valence-corrected chi connectivity index (χ3v) is 5.26. The Labute approximate surface area is 163 Å². The molecule has 0 bridgehead atoms. The van der Waals surface area contributed by atoms with Gasteiger partial charge >= 0.3 is 0 Å². The van der Waals surface area contributed by atoms with Gasteiger partial charge in [0.05, 0.1) is 24.0 Å². The molecule has 3 heterocycles. The number of anilines is 2. The van der Waals surface area contributed by atoms with Gasteiger partial charge in [-0.15, -0.1) is 11.3 Å². The lowest BCUT2D eigenvalue weighted by Crippen LogP contribution is -2.12. The molecule has 0 aliphatic heterocycles. The SMILES string of the molecule is COc1c(Nc2cc(Cl)nc3[nH]n(C)c(=O)c23)cccc1-c1ncc(C)s1. The standard InChI is InChI=1S/C18H16ClN5O2S/c1-9-8-20-17(27-9)10-5-4-6-11(15(10)26-3)21-12-7-13(19)22-16-14(12)18(25)24(2)23-16/h4-8H,1-3H3,(H2,21,22,23). The number of nitrogens with one attached hydrogen (secondary N) is 2. The summed E-state index contributed by atoms with van der Waals surface area (Å²) in [5, 5.41) is 7.73. The number of H-pyrrole nitrogens is 1. The first-order chi connectivity index (χ1) is 13.0. The third-order valence-electron chi connectivity index (χ3n) is 4.12. The van der Waals surface area contributed by atoms with Gasteiger partial charge in [0.15, 0.2) is 11.4 Å². The van der Waals surface area contributed by atoms with Crippen LogP contribution in [0.5, 0.6) is 5.75 Å². The number of hydrogen-bond donors (Lipinski definition) is 2. The van der Waals surface area contributed by atoms with E-state index in [0.717, 1.165) is 15.4 Å². The molecular formula is C18H16ClN5O2S. The maximum absolute atomic E-state index is 12.5. The van der Waals surface area contributed by atoms with Crippen LogP contribution in [0.3, 0.4) is 0 Å². The number of hydrogen-bond acceptors (Lipinski definition) is 6. The average molecular weight is 402 g/mol. The Morgan fingerprint density at radius 1 is 1.33 bits per heavy atom. The van der Waals surface area contributed by atoms with Crippen LogP contribution in [0, 0.1) is 6.92 Å². The van der Waals surface area contributed by atoms with Gasteiger partial charge in [-0.3, -0.25) is 14.6 Å². The third kappa shape index (κ3) is 3.07. The molecular weight excluding hydrogens is 386 g/mol. The van der Waals surface area contributed by atoms with Crippen molar-refractivity contribution < 1.29 is 4.74 Å².